The van der Waals surface area contributed by atoms with Gasteiger partial charge in [0, 0.05) is 36.1 Å². The molecule has 1 saturated heterocycles. The molecule has 0 atom stereocenters. The van der Waals surface area contributed by atoms with Crippen LogP contribution in [0.1, 0.15) is 27.7 Å². The van der Waals surface area contributed by atoms with Crippen LogP contribution in [-0.2, 0) is 9.84 Å². The average molecular weight is 339 g/mol. The number of hydrogen-bond donors (Lipinski definition) is 2. The predicted molar refractivity (Wildman–Crippen MR) is 91.4 cm³/mol. The van der Waals surface area contributed by atoms with Crippen LogP contribution >= 0.6 is 0 Å². The topological polar surface area (TPSA) is 78.5 Å². The first kappa shape index (κ1) is 17.7. The molecule has 1 heterocycles. The molecule has 2 rings (SSSR count). The zero-order chi connectivity index (χ0) is 17.5. The molecule has 1 aliphatic heterocycles. The highest BCUT2D eigenvalue weighted by atomic mass is 32.2. The fourth-order valence-corrected chi connectivity index (χ4v) is 3.77. The van der Waals surface area contributed by atoms with E-state index in [9.17, 15) is 13.2 Å². The molecule has 2 amide bonds. The summed E-state index contributed by atoms with van der Waals surface area (Å²) in [5.41, 5.74) is 0.245. The Bertz CT molecular complexity index is 678. The fourth-order valence-electron chi connectivity index (χ4n) is 3.14. The van der Waals surface area contributed by atoms with Crippen LogP contribution in [0.3, 0.4) is 0 Å². The van der Waals surface area contributed by atoms with E-state index in [2.05, 4.69) is 38.3 Å². The summed E-state index contributed by atoms with van der Waals surface area (Å²) in [7, 11) is -3.23. The fraction of sp³-hybridized carbons (Fsp3) is 0.562. The van der Waals surface area contributed by atoms with Gasteiger partial charge < -0.3 is 15.5 Å². The Morgan fingerprint density at radius 2 is 1.57 bits per heavy atom. The number of rotatable bonds is 2. The van der Waals surface area contributed by atoms with Gasteiger partial charge in [-0.1, -0.05) is 0 Å². The van der Waals surface area contributed by atoms with E-state index < -0.39 is 9.84 Å². The quantitative estimate of drug-likeness (QED) is 0.865. The molecule has 6 nitrogen and oxygen atoms in total. The van der Waals surface area contributed by atoms with Crippen LogP contribution in [0, 0.1) is 0 Å². The molecule has 0 aromatic heterocycles. The lowest BCUT2D eigenvalue weighted by Crippen LogP contribution is -2.68. The smallest absolute Gasteiger partial charge is 0.321 e. The molecular formula is C16H25N3O3S. The normalized spacial score (nSPS) is 20.1. The number of nitrogens with zero attached hydrogens (tertiary/aromatic N) is 1. The minimum Gasteiger partial charge on any atom is -0.321 e. The number of urea groups is 1. The Morgan fingerprint density at radius 1 is 1.09 bits per heavy atom. The van der Waals surface area contributed by atoms with Gasteiger partial charge >= 0.3 is 6.03 Å². The lowest BCUT2D eigenvalue weighted by Gasteiger charge is -2.48. The highest BCUT2D eigenvalue weighted by molar-refractivity contribution is 7.90. The SMILES string of the molecule is CC1(C)CN(C(=O)Nc2ccc(S(C)(=O)=O)cc2)CC(C)(C)N1. The molecule has 2 N–H and O–H groups in total. The van der Waals surface area contributed by atoms with Crippen molar-refractivity contribution in [2.75, 3.05) is 24.7 Å². The number of carbonyl (C=O) groups excluding carboxylic acids is 1. The Morgan fingerprint density at radius 3 is 2.00 bits per heavy atom. The molecule has 1 aromatic carbocycles. The molecule has 128 valence electrons. The van der Waals surface area contributed by atoms with Crippen molar-refractivity contribution < 1.29 is 13.2 Å². The number of nitrogens with one attached hydrogen (secondary N) is 2. The second kappa shape index (κ2) is 5.79. The lowest BCUT2D eigenvalue weighted by molar-refractivity contribution is 0.102. The minimum atomic E-state index is -3.23. The number of carbonyl (C=O) groups is 1. The third kappa shape index (κ3) is 4.68. The highest BCUT2D eigenvalue weighted by Crippen LogP contribution is 2.22. The van der Waals surface area contributed by atoms with Crippen molar-refractivity contribution in [2.24, 2.45) is 0 Å². The van der Waals surface area contributed by atoms with Crippen molar-refractivity contribution in [1.82, 2.24) is 10.2 Å². The lowest BCUT2D eigenvalue weighted by atomic mass is 9.92. The minimum absolute atomic E-state index is 0.167. The van der Waals surface area contributed by atoms with Crippen LogP contribution in [-0.4, -0.2) is 49.8 Å². The molecule has 0 spiro atoms. The van der Waals surface area contributed by atoms with E-state index in [1.807, 2.05) is 0 Å². The summed E-state index contributed by atoms with van der Waals surface area (Å²) in [5, 5.41) is 6.35. The summed E-state index contributed by atoms with van der Waals surface area (Å²) < 4.78 is 22.9. The van der Waals surface area contributed by atoms with E-state index in [0.29, 0.717) is 18.8 Å². The molecule has 0 unspecified atom stereocenters. The van der Waals surface area contributed by atoms with Crippen LogP contribution in [0.5, 0.6) is 0 Å². The Balaban J connectivity index is 2.10. The molecule has 0 radical (unpaired) electrons. The highest BCUT2D eigenvalue weighted by Gasteiger charge is 2.38. The van der Waals surface area contributed by atoms with E-state index in [-0.39, 0.29) is 22.0 Å². The van der Waals surface area contributed by atoms with Gasteiger partial charge in [-0.05, 0) is 52.0 Å². The molecule has 0 aliphatic carbocycles. The molecule has 0 saturated carbocycles. The average Bonchev–Trinajstić information content (AvgIpc) is 2.34. The first-order chi connectivity index (χ1) is 10.4. The van der Waals surface area contributed by atoms with Crippen molar-refractivity contribution in [3.8, 4) is 0 Å². The van der Waals surface area contributed by atoms with E-state index >= 15 is 0 Å². The number of anilines is 1. The predicted octanol–water partition coefficient (Wildman–Crippen LogP) is 2.08. The summed E-state index contributed by atoms with van der Waals surface area (Å²) in [5.74, 6) is 0. The largest absolute Gasteiger partial charge is 0.321 e. The third-order valence-electron chi connectivity index (χ3n) is 3.67. The zero-order valence-electron chi connectivity index (χ0n) is 14.3. The van der Waals surface area contributed by atoms with Crippen LogP contribution < -0.4 is 10.6 Å². The summed E-state index contributed by atoms with van der Waals surface area (Å²) in [6.45, 7) is 9.46. The van der Waals surface area contributed by atoms with Crippen LogP contribution in [0.4, 0.5) is 10.5 Å². The maximum Gasteiger partial charge on any atom is 0.321 e. The summed E-state index contributed by atoms with van der Waals surface area (Å²) in [6, 6.07) is 6.02. The van der Waals surface area contributed by atoms with E-state index in [0.717, 1.165) is 6.26 Å². The molecular weight excluding hydrogens is 314 g/mol. The molecule has 1 aromatic rings. The number of hydrogen-bond acceptors (Lipinski definition) is 4. The summed E-state index contributed by atoms with van der Waals surface area (Å²) >= 11 is 0. The number of amides is 2. The zero-order valence-corrected chi connectivity index (χ0v) is 15.1. The second-order valence-corrected chi connectivity index (χ2v) is 9.49. The maximum atomic E-state index is 12.5. The van der Waals surface area contributed by atoms with Gasteiger partial charge in [0.25, 0.3) is 0 Å². The molecule has 1 fully saturated rings. The number of benzene rings is 1. The van der Waals surface area contributed by atoms with Gasteiger partial charge in [0.2, 0.25) is 0 Å². The Kier molecular flexibility index (Phi) is 4.47. The Labute approximate surface area is 138 Å². The van der Waals surface area contributed by atoms with Gasteiger partial charge in [0.05, 0.1) is 4.90 Å². The first-order valence-corrected chi connectivity index (χ1v) is 9.43. The Hall–Kier alpha value is -1.60. The standard InChI is InChI=1S/C16H25N3O3S/c1-15(2)10-19(11-16(3,4)18-15)14(20)17-12-6-8-13(9-7-12)23(5,21)22/h6-9,18H,10-11H2,1-5H3,(H,17,20). The monoisotopic (exact) mass is 339 g/mol. The van der Waals surface area contributed by atoms with Gasteiger partial charge in [-0.25, -0.2) is 13.2 Å². The summed E-state index contributed by atoms with van der Waals surface area (Å²) in [6.07, 6.45) is 1.16. The number of piperazine rings is 1. The van der Waals surface area contributed by atoms with Crippen LogP contribution in [0.25, 0.3) is 0 Å². The van der Waals surface area contributed by atoms with Crippen molar-refractivity contribution in [3.05, 3.63) is 24.3 Å². The maximum absolute atomic E-state index is 12.5. The van der Waals surface area contributed by atoms with E-state index in [1.165, 1.54) is 12.1 Å². The number of sulfone groups is 1. The molecule has 23 heavy (non-hydrogen) atoms. The molecule has 1 aliphatic rings. The van der Waals surface area contributed by atoms with Crippen LogP contribution in [0.2, 0.25) is 0 Å². The van der Waals surface area contributed by atoms with E-state index in [1.54, 1.807) is 17.0 Å². The van der Waals surface area contributed by atoms with Crippen molar-refractivity contribution >= 4 is 21.6 Å². The van der Waals surface area contributed by atoms with Gasteiger partial charge in [-0.2, -0.15) is 0 Å². The molecule has 0 bridgehead atoms. The molecule has 7 heteroatoms. The van der Waals surface area contributed by atoms with Crippen molar-refractivity contribution in [3.63, 3.8) is 0 Å². The summed E-state index contributed by atoms with van der Waals surface area (Å²) in [4.78, 5) is 14.5. The first-order valence-electron chi connectivity index (χ1n) is 7.53. The third-order valence-corrected chi connectivity index (χ3v) is 4.80. The van der Waals surface area contributed by atoms with Gasteiger partial charge in [0.1, 0.15) is 0 Å². The van der Waals surface area contributed by atoms with Crippen molar-refractivity contribution in [2.45, 2.75) is 43.7 Å². The van der Waals surface area contributed by atoms with Gasteiger partial charge in [0.15, 0.2) is 9.84 Å². The second-order valence-electron chi connectivity index (χ2n) is 7.48. The van der Waals surface area contributed by atoms with E-state index in [4.69, 9.17) is 0 Å². The van der Waals surface area contributed by atoms with Crippen LogP contribution in [0.15, 0.2) is 29.2 Å². The van der Waals surface area contributed by atoms with Crippen molar-refractivity contribution in [1.29, 1.82) is 0 Å². The van der Waals surface area contributed by atoms with Gasteiger partial charge in [-0.3, -0.25) is 0 Å². The van der Waals surface area contributed by atoms with Gasteiger partial charge in [-0.15, -0.1) is 0 Å².